The van der Waals surface area contributed by atoms with Crippen LogP contribution in [0.1, 0.15) is 23.9 Å². The summed E-state index contributed by atoms with van der Waals surface area (Å²) in [6.45, 7) is 7.98. The first-order chi connectivity index (χ1) is 14.7. The van der Waals surface area contributed by atoms with Crippen molar-refractivity contribution < 1.29 is 13.2 Å². The highest BCUT2D eigenvalue weighted by molar-refractivity contribution is 7.92. The van der Waals surface area contributed by atoms with Gasteiger partial charge in [0.2, 0.25) is 0 Å². The van der Waals surface area contributed by atoms with Crippen molar-refractivity contribution in [3.05, 3.63) is 59.7 Å². The first-order valence-corrected chi connectivity index (χ1v) is 11.4. The Hall–Kier alpha value is -3.33. The molecular weight excluding hydrogens is 414 g/mol. The zero-order chi connectivity index (χ0) is 22.3. The first-order valence-electron chi connectivity index (χ1n) is 9.94. The lowest BCUT2D eigenvalue weighted by Gasteiger charge is -2.13. The molecule has 4 rings (SSSR count). The molecule has 0 spiro atoms. The van der Waals surface area contributed by atoms with Crippen molar-refractivity contribution in [2.45, 2.75) is 39.1 Å². The highest BCUT2D eigenvalue weighted by atomic mass is 32.2. The molecular formula is C22H25N5O3S. The standard InChI is InChI=1S/C22H25N5O3S/c1-6-27-16(4)22(15(3)24-27)31(28,29)25-18-12-17(7-8-20(18)30-5)19-13-26-10-9-14(2)11-21(26)23-19/h7-13,25H,6H2,1-5H3. The summed E-state index contributed by atoms with van der Waals surface area (Å²) >= 11 is 0. The molecule has 0 aliphatic carbocycles. The number of nitrogens with zero attached hydrogens (tertiary/aromatic N) is 4. The van der Waals surface area contributed by atoms with E-state index >= 15 is 0 Å². The highest BCUT2D eigenvalue weighted by Crippen LogP contribution is 2.33. The van der Waals surface area contributed by atoms with Crippen molar-refractivity contribution in [1.29, 1.82) is 0 Å². The summed E-state index contributed by atoms with van der Waals surface area (Å²) in [6, 6.07) is 9.33. The molecule has 1 N–H and O–H groups in total. The van der Waals surface area contributed by atoms with E-state index in [1.54, 1.807) is 30.7 Å². The summed E-state index contributed by atoms with van der Waals surface area (Å²) in [6.07, 6.45) is 3.86. The number of anilines is 1. The van der Waals surface area contributed by atoms with Gasteiger partial charge in [-0.25, -0.2) is 13.4 Å². The molecule has 0 aliphatic heterocycles. The number of fused-ring (bicyclic) bond motifs is 1. The Kier molecular flexibility index (Phi) is 5.22. The largest absolute Gasteiger partial charge is 0.495 e. The molecule has 8 nitrogen and oxygen atoms in total. The zero-order valence-corrected chi connectivity index (χ0v) is 19.0. The fraction of sp³-hybridized carbons (Fsp3) is 0.273. The van der Waals surface area contributed by atoms with Crippen LogP contribution < -0.4 is 9.46 Å². The van der Waals surface area contributed by atoms with Gasteiger partial charge in [-0.3, -0.25) is 9.40 Å². The number of aromatic nitrogens is 4. The Labute approximate surface area is 181 Å². The van der Waals surface area contributed by atoms with Crippen molar-refractivity contribution >= 4 is 21.4 Å². The third-order valence-electron chi connectivity index (χ3n) is 5.24. The van der Waals surface area contributed by atoms with Gasteiger partial charge in [0.25, 0.3) is 10.0 Å². The van der Waals surface area contributed by atoms with E-state index in [1.807, 2.05) is 48.8 Å². The number of nitrogens with one attached hydrogen (secondary N) is 1. The van der Waals surface area contributed by atoms with Crippen molar-refractivity contribution in [3.8, 4) is 17.0 Å². The molecule has 0 saturated heterocycles. The van der Waals surface area contributed by atoms with Crippen molar-refractivity contribution in [3.63, 3.8) is 0 Å². The zero-order valence-electron chi connectivity index (χ0n) is 18.2. The maximum absolute atomic E-state index is 13.2. The number of benzene rings is 1. The van der Waals surface area contributed by atoms with E-state index < -0.39 is 10.0 Å². The first kappa shape index (κ1) is 20.9. The molecule has 0 bridgehead atoms. The van der Waals surface area contributed by atoms with Gasteiger partial charge in [-0.2, -0.15) is 5.10 Å². The van der Waals surface area contributed by atoms with E-state index in [4.69, 9.17) is 4.74 Å². The van der Waals surface area contributed by atoms with E-state index in [1.165, 1.54) is 7.11 Å². The number of methoxy groups -OCH3 is 1. The fourth-order valence-corrected chi connectivity index (χ4v) is 5.22. The number of imidazole rings is 1. The lowest BCUT2D eigenvalue weighted by molar-refractivity contribution is 0.417. The minimum Gasteiger partial charge on any atom is -0.495 e. The van der Waals surface area contributed by atoms with Gasteiger partial charge in [0.05, 0.1) is 29.9 Å². The van der Waals surface area contributed by atoms with Crippen LogP contribution in [0.3, 0.4) is 0 Å². The molecule has 0 amide bonds. The van der Waals surface area contributed by atoms with Gasteiger partial charge in [0.1, 0.15) is 16.3 Å². The van der Waals surface area contributed by atoms with Crippen LogP contribution >= 0.6 is 0 Å². The van der Waals surface area contributed by atoms with Gasteiger partial charge in [-0.15, -0.1) is 0 Å². The number of hydrogen-bond acceptors (Lipinski definition) is 5. The monoisotopic (exact) mass is 439 g/mol. The number of hydrogen-bond donors (Lipinski definition) is 1. The summed E-state index contributed by atoms with van der Waals surface area (Å²) in [7, 11) is -2.36. The van der Waals surface area contributed by atoms with Crippen LogP contribution in [0.15, 0.2) is 47.6 Å². The second-order valence-electron chi connectivity index (χ2n) is 7.43. The third-order valence-corrected chi connectivity index (χ3v) is 6.86. The van der Waals surface area contributed by atoms with E-state index in [9.17, 15) is 8.42 Å². The minimum absolute atomic E-state index is 0.185. The predicted octanol–water partition coefficient (Wildman–Crippen LogP) is 3.95. The highest BCUT2D eigenvalue weighted by Gasteiger charge is 2.25. The maximum Gasteiger partial charge on any atom is 0.265 e. The molecule has 3 aromatic heterocycles. The van der Waals surface area contributed by atoms with Gasteiger partial charge in [0.15, 0.2) is 0 Å². The smallest absolute Gasteiger partial charge is 0.265 e. The van der Waals surface area contributed by atoms with Crippen molar-refractivity contribution in [2.24, 2.45) is 0 Å². The molecule has 4 aromatic rings. The van der Waals surface area contributed by atoms with E-state index in [0.717, 1.165) is 22.5 Å². The third kappa shape index (κ3) is 3.76. The number of sulfonamides is 1. The summed E-state index contributed by atoms with van der Waals surface area (Å²) < 4.78 is 38.2. The average Bonchev–Trinajstić information content (AvgIpc) is 3.27. The van der Waals surface area contributed by atoms with E-state index in [-0.39, 0.29) is 4.90 Å². The number of ether oxygens (including phenoxy) is 1. The number of aryl methyl sites for hydroxylation is 3. The van der Waals surface area contributed by atoms with Crippen LogP contribution in [0, 0.1) is 20.8 Å². The van der Waals surface area contributed by atoms with Crippen LogP contribution in [-0.2, 0) is 16.6 Å². The fourth-order valence-electron chi connectivity index (χ4n) is 3.74. The molecule has 0 aliphatic rings. The molecule has 162 valence electrons. The molecule has 9 heteroatoms. The Balaban J connectivity index is 1.77. The minimum atomic E-state index is -3.86. The Bertz CT molecular complexity index is 1390. The summed E-state index contributed by atoms with van der Waals surface area (Å²) in [4.78, 5) is 4.85. The van der Waals surface area contributed by atoms with Gasteiger partial charge in [-0.1, -0.05) is 0 Å². The van der Waals surface area contributed by atoms with Gasteiger partial charge in [0, 0.05) is 24.5 Å². The molecule has 0 unspecified atom stereocenters. The van der Waals surface area contributed by atoms with E-state index in [2.05, 4.69) is 14.8 Å². The lowest BCUT2D eigenvalue weighted by Crippen LogP contribution is -2.15. The van der Waals surface area contributed by atoms with Gasteiger partial charge in [-0.05, 0) is 63.6 Å². The molecule has 0 atom stereocenters. The SMILES string of the molecule is CCn1nc(C)c(S(=O)(=O)Nc2cc(-c3cn4ccc(C)cc4n3)ccc2OC)c1C. The molecule has 0 radical (unpaired) electrons. The van der Waals surface area contributed by atoms with Crippen LogP contribution in [0.2, 0.25) is 0 Å². The molecule has 31 heavy (non-hydrogen) atoms. The molecule has 1 aromatic carbocycles. The average molecular weight is 440 g/mol. The lowest BCUT2D eigenvalue weighted by atomic mass is 10.1. The second kappa shape index (κ2) is 7.73. The Morgan fingerprint density at radius 1 is 1.13 bits per heavy atom. The van der Waals surface area contributed by atoms with Crippen molar-refractivity contribution in [1.82, 2.24) is 19.2 Å². The summed E-state index contributed by atoms with van der Waals surface area (Å²) in [5, 5.41) is 4.33. The maximum atomic E-state index is 13.2. The molecule has 0 saturated carbocycles. The van der Waals surface area contributed by atoms with E-state index in [0.29, 0.717) is 29.4 Å². The Morgan fingerprint density at radius 2 is 1.90 bits per heavy atom. The second-order valence-corrected chi connectivity index (χ2v) is 9.05. The summed E-state index contributed by atoms with van der Waals surface area (Å²) in [5.74, 6) is 0.421. The normalized spacial score (nSPS) is 11.8. The van der Waals surface area contributed by atoms with Gasteiger partial charge < -0.3 is 9.14 Å². The predicted molar refractivity (Wildman–Crippen MR) is 120 cm³/mol. The van der Waals surface area contributed by atoms with Crippen LogP contribution in [0.4, 0.5) is 5.69 Å². The van der Waals surface area contributed by atoms with Gasteiger partial charge >= 0.3 is 0 Å². The summed E-state index contributed by atoms with van der Waals surface area (Å²) in [5.41, 5.74) is 4.85. The van der Waals surface area contributed by atoms with Crippen LogP contribution in [0.5, 0.6) is 5.75 Å². The van der Waals surface area contributed by atoms with Crippen LogP contribution in [0.25, 0.3) is 16.9 Å². The molecule has 3 heterocycles. The Morgan fingerprint density at radius 3 is 2.58 bits per heavy atom. The number of rotatable bonds is 6. The van der Waals surface area contributed by atoms with Crippen LogP contribution in [-0.4, -0.2) is 34.7 Å². The molecule has 0 fully saturated rings. The quantitative estimate of drug-likeness (QED) is 0.491. The number of pyridine rings is 1. The van der Waals surface area contributed by atoms with Crippen molar-refractivity contribution in [2.75, 3.05) is 11.8 Å². The topological polar surface area (TPSA) is 90.5 Å².